The van der Waals surface area contributed by atoms with Gasteiger partial charge < -0.3 is 5.32 Å². The predicted molar refractivity (Wildman–Crippen MR) is 97.6 cm³/mol. The van der Waals surface area contributed by atoms with Crippen molar-refractivity contribution >= 4 is 40.5 Å². The minimum absolute atomic E-state index is 0. The van der Waals surface area contributed by atoms with E-state index in [2.05, 4.69) is 40.6 Å². The van der Waals surface area contributed by atoms with Crippen LogP contribution in [0, 0.1) is 0 Å². The van der Waals surface area contributed by atoms with Gasteiger partial charge in [-0.3, -0.25) is 0 Å². The number of benzene rings is 2. The number of nitrogens with one attached hydrogen (secondary N) is 1. The summed E-state index contributed by atoms with van der Waals surface area (Å²) in [6.45, 7) is 0. The summed E-state index contributed by atoms with van der Waals surface area (Å²) in [5.74, 6) is 0. The summed E-state index contributed by atoms with van der Waals surface area (Å²) in [5, 5.41) is 4.89. The third kappa shape index (κ3) is 2.50. The van der Waals surface area contributed by atoms with Gasteiger partial charge in [-0.2, -0.15) is 0 Å². The smallest absolute Gasteiger partial charge is 0.183 e. The molecular formula is C17H14Cl2N2S. The molecule has 1 heterocycles. The van der Waals surface area contributed by atoms with Crippen molar-refractivity contribution < 1.29 is 0 Å². The first-order valence-electron chi connectivity index (χ1n) is 6.81. The summed E-state index contributed by atoms with van der Waals surface area (Å²) >= 11 is 7.70. The number of aromatic nitrogens is 1. The predicted octanol–water partition coefficient (Wildman–Crippen LogP) is 5.50. The van der Waals surface area contributed by atoms with Gasteiger partial charge in [-0.25, -0.2) is 4.98 Å². The fraction of sp³-hybridized carbons (Fsp3) is 0.118. The number of rotatable bonds is 2. The van der Waals surface area contributed by atoms with E-state index >= 15 is 0 Å². The molecule has 0 saturated carbocycles. The lowest BCUT2D eigenvalue weighted by molar-refractivity contribution is 1.31. The number of hydrogen-bond acceptors (Lipinski definition) is 3. The minimum Gasteiger partial charge on any atom is -0.365 e. The lowest BCUT2D eigenvalue weighted by Gasteiger charge is -2.06. The third-order valence-electron chi connectivity index (χ3n) is 3.80. The van der Waals surface area contributed by atoms with Gasteiger partial charge in [-0.15, -0.1) is 23.7 Å². The molecule has 5 heteroatoms. The van der Waals surface area contributed by atoms with E-state index < -0.39 is 0 Å². The highest BCUT2D eigenvalue weighted by atomic mass is 35.5. The molecule has 1 aliphatic rings. The molecule has 0 spiro atoms. The van der Waals surface area contributed by atoms with Gasteiger partial charge in [0.2, 0.25) is 0 Å². The minimum atomic E-state index is 0. The van der Waals surface area contributed by atoms with E-state index in [9.17, 15) is 0 Å². The van der Waals surface area contributed by atoms with Gasteiger partial charge in [0.05, 0.1) is 5.69 Å². The Kier molecular flexibility index (Phi) is 4.13. The second-order valence-electron chi connectivity index (χ2n) is 5.10. The maximum absolute atomic E-state index is 5.95. The Balaban J connectivity index is 0.00000144. The Labute approximate surface area is 144 Å². The highest BCUT2D eigenvalue weighted by molar-refractivity contribution is 7.16. The molecule has 22 heavy (non-hydrogen) atoms. The first-order chi connectivity index (χ1) is 10.2. The quantitative estimate of drug-likeness (QED) is 0.517. The largest absolute Gasteiger partial charge is 0.365 e. The molecule has 3 aromatic rings. The van der Waals surface area contributed by atoms with Gasteiger partial charge in [0.1, 0.15) is 0 Å². The second-order valence-corrected chi connectivity index (χ2v) is 6.62. The number of halogens is 2. The molecular weight excluding hydrogens is 335 g/mol. The van der Waals surface area contributed by atoms with Crippen molar-refractivity contribution in [3.05, 3.63) is 57.9 Å². The zero-order chi connectivity index (χ0) is 14.4. The maximum Gasteiger partial charge on any atom is 0.183 e. The lowest BCUT2D eigenvalue weighted by atomic mass is 10.0. The maximum atomic E-state index is 5.95. The van der Waals surface area contributed by atoms with E-state index in [-0.39, 0.29) is 12.4 Å². The summed E-state index contributed by atoms with van der Waals surface area (Å²) in [6, 6.07) is 14.6. The fourth-order valence-electron chi connectivity index (χ4n) is 2.75. The molecule has 112 valence electrons. The lowest BCUT2D eigenvalue weighted by Crippen LogP contribution is -1.88. The standard InChI is InChI=1S/C17H13ClN2S.ClH/c1-19-17-20-16-14-7-4-11(8-12(14)9-15(16)21-17)10-2-5-13(18)6-3-10;/h2-8H,9H2,1H3,(H,19,20);1H. The van der Waals surface area contributed by atoms with Gasteiger partial charge in [0.15, 0.2) is 5.13 Å². The zero-order valence-electron chi connectivity index (χ0n) is 11.9. The van der Waals surface area contributed by atoms with Crippen LogP contribution in [0.3, 0.4) is 0 Å². The highest BCUT2D eigenvalue weighted by Crippen LogP contribution is 2.42. The monoisotopic (exact) mass is 348 g/mol. The van der Waals surface area contributed by atoms with Crippen molar-refractivity contribution in [2.45, 2.75) is 6.42 Å². The Hall–Kier alpha value is -1.55. The molecule has 1 N–H and O–H groups in total. The fourth-order valence-corrected chi connectivity index (χ4v) is 3.83. The van der Waals surface area contributed by atoms with E-state index in [1.165, 1.54) is 27.1 Å². The SMILES string of the molecule is CNc1nc2c(s1)Cc1cc(-c3ccc(Cl)cc3)ccc1-2.Cl. The first-order valence-corrected chi connectivity index (χ1v) is 8.01. The van der Waals surface area contributed by atoms with Crippen LogP contribution >= 0.6 is 35.3 Å². The van der Waals surface area contributed by atoms with E-state index in [0.717, 1.165) is 22.3 Å². The van der Waals surface area contributed by atoms with E-state index in [4.69, 9.17) is 11.6 Å². The Bertz CT molecular complexity index is 825. The number of thiazole rings is 1. The van der Waals surface area contributed by atoms with Crippen LogP contribution in [0.2, 0.25) is 5.02 Å². The van der Waals surface area contributed by atoms with Crippen LogP contribution in [-0.4, -0.2) is 12.0 Å². The van der Waals surface area contributed by atoms with E-state index in [0.29, 0.717) is 0 Å². The van der Waals surface area contributed by atoms with Crippen molar-refractivity contribution in [1.29, 1.82) is 0 Å². The summed E-state index contributed by atoms with van der Waals surface area (Å²) in [7, 11) is 1.92. The molecule has 2 aromatic carbocycles. The van der Waals surface area contributed by atoms with Crippen LogP contribution in [0.5, 0.6) is 0 Å². The van der Waals surface area contributed by atoms with Crippen LogP contribution in [0.15, 0.2) is 42.5 Å². The normalized spacial score (nSPS) is 11.5. The number of fused-ring (bicyclic) bond motifs is 3. The van der Waals surface area contributed by atoms with E-state index in [1.807, 2.05) is 19.2 Å². The number of anilines is 1. The average molecular weight is 349 g/mol. The van der Waals surface area contributed by atoms with Crippen LogP contribution in [0.1, 0.15) is 10.4 Å². The van der Waals surface area contributed by atoms with Crippen LogP contribution in [-0.2, 0) is 6.42 Å². The molecule has 1 aliphatic carbocycles. The van der Waals surface area contributed by atoms with Crippen molar-refractivity contribution in [2.75, 3.05) is 12.4 Å². The van der Waals surface area contributed by atoms with Crippen LogP contribution < -0.4 is 5.32 Å². The third-order valence-corrected chi connectivity index (χ3v) is 5.12. The molecule has 0 amide bonds. The summed E-state index contributed by atoms with van der Waals surface area (Å²) in [4.78, 5) is 6.00. The molecule has 0 atom stereocenters. The van der Waals surface area contributed by atoms with Crippen molar-refractivity contribution in [3.63, 3.8) is 0 Å². The summed E-state index contributed by atoms with van der Waals surface area (Å²) in [5.41, 5.74) is 6.19. The number of hydrogen-bond donors (Lipinski definition) is 1. The molecule has 2 nitrogen and oxygen atoms in total. The van der Waals surface area contributed by atoms with Crippen LogP contribution in [0.25, 0.3) is 22.4 Å². The average Bonchev–Trinajstić information content (AvgIpc) is 3.04. The Morgan fingerprint density at radius 3 is 2.55 bits per heavy atom. The Morgan fingerprint density at radius 2 is 1.82 bits per heavy atom. The van der Waals surface area contributed by atoms with Gasteiger partial charge in [0.25, 0.3) is 0 Å². The molecule has 0 saturated heterocycles. The molecule has 0 radical (unpaired) electrons. The molecule has 0 bridgehead atoms. The van der Waals surface area contributed by atoms with Gasteiger partial charge in [-0.1, -0.05) is 41.9 Å². The van der Waals surface area contributed by atoms with E-state index in [1.54, 1.807) is 11.3 Å². The first kappa shape index (κ1) is 15.3. The molecule has 4 rings (SSSR count). The van der Waals surface area contributed by atoms with Crippen molar-refractivity contribution in [1.82, 2.24) is 4.98 Å². The summed E-state index contributed by atoms with van der Waals surface area (Å²) < 4.78 is 0. The number of nitrogens with zero attached hydrogens (tertiary/aromatic N) is 1. The van der Waals surface area contributed by atoms with Crippen molar-refractivity contribution in [3.8, 4) is 22.4 Å². The van der Waals surface area contributed by atoms with Crippen LogP contribution in [0.4, 0.5) is 5.13 Å². The Morgan fingerprint density at radius 1 is 1.09 bits per heavy atom. The van der Waals surface area contributed by atoms with Crippen molar-refractivity contribution in [2.24, 2.45) is 0 Å². The highest BCUT2D eigenvalue weighted by Gasteiger charge is 2.23. The van der Waals surface area contributed by atoms with Gasteiger partial charge in [-0.05, 0) is 28.8 Å². The topological polar surface area (TPSA) is 24.9 Å². The molecule has 0 unspecified atom stereocenters. The summed E-state index contributed by atoms with van der Waals surface area (Å²) in [6.07, 6.45) is 0.978. The second kappa shape index (κ2) is 5.92. The zero-order valence-corrected chi connectivity index (χ0v) is 14.3. The molecule has 1 aromatic heterocycles. The van der Waals surface area contributed by atoms with Gasteiger partial charge in [0, 0.05) is 28.9 Å². The van der Waals surface area contributed by atoms with Gasteiger partial charge >= 0.3 is 0 Å². The molecule has 0 fully saturated rings. The molecule has 0 aliphatic heterocycles.